The van der Waals surface area contributed by atoms with Gasteiger partial charge in [-0.2, -0.15) is 0 Å². The van der Waals surface area contributed by atoms with E-state index in [1.807, 2.05) is 19.1 Å². The minimum absolute atomic E-state index is 0.0602. The molecule has 1 aliphatic heterocycles. The molecule has 1 saturated heterocycles. The molecule has 1 atom stereocenters. The highest BCUT2D eigenvalue weighted by Gasteiger charge is 2.24. The minimum Gasteiger partial charge on any atom is -0.454 e. The van der Waals surface area contributed by atoms with Gasteiger partial charge < -0.3 is 4.74 Å². The maximum atomic E-state index is 10.8. The molecule has 0 spiro atoms. The lowest BCUT2D eigenvalue weighted by atomic mass is 10.1. The van der Waals surface area contributed by atoms with Crippen LogP contribution in [0.25, 0.3) is 0 Å². The third-order valence-corrected chi connectivity index (χ3v) is 1.58. The maximum Gasteiger partial charge on any atom is 0.334 e. The molecule has 0 aromatic carbocycles. The number of hydrogen-bond acceptors (Lipinski definition) is 2. The molecular formula is C9H12O2. The maximum absolute atomic E-state index is 10.8. The van der Waals surface area contributed by atoms with E-state index < -0.39 is 0 Å². The highest BCUT2D eigenvalue weighted by Crippen LogP contribution is 2.19. The monoisotopic (exact) mass is 152 g/mol. The topological polar surface area (TPSA) is 26.3 Å². The highest BCUT2D eigenvalue weighted by atomic mass is 16.5. The summed E-state index contributed by atoms with van der Waals surface area (Å²) in [6, 6.07) is 0. The number of allylic oxidation sites excluding steroid dienone is 1. The first-order chi connectivity index (χ1) is 5.24. The van der Waals surface area contributed by atoms with Crippen LogP contribution in [0.15, 0.2) is 24.3 Å². The van der Waals surface area contributed by atoms with Crippen molar-refractivity contribution in [2.45, 2.75) is 25.9 Å². The summed E-state index contributed by atoms with van der Waals surface area (Å²) in [6.07, 6.45) is 5.47. The Morgan fingerprint density at radius 3 is 3.00 bits per heavy atom. The Labute approximate surface area is 66.5 Å². The van der Waals surface area contributed by atoms with E-state index in [0.717, 1.165) is 6.42 Å². The van der Waals surface area contributed by atoms with Gasteiger partial charge in [0, 0.05) is 12.0 Å². The van der Waals surface area contributed by atoms with Gasteiger partial charge in [0.25, 0.3) is 0 Å². The van der Waals surface area contributed by atoms with Crippen LogP contribution >= 0.6 is 0 Å². The summed E-state index contributed by atoms with van der Waals surface area (Å²) in [7, 11) is 0. The van der Waals surface area contributed by atoms with Gasteiger partial charge in [0.2, 0.25) is 0 Å². The molecule has 0 amide bonds. The fourth-order valence-electron chi connectivity index (χ4n) is 0.984. The van der Waals surface area contributed by atoms with Crippen molar-refractivity contribution in [1.29, 1.82) is 0 Å². The number of carbonyl (C=O) groups excluding carboxylic acids is 1. The second-order valence-electron chi connectivity index (χ2n) is 2.59. The molecule has 2 nitrogen and oxygen atoms in total. The molecule has 11 heavy (non-hydrogen) atoms. The van der Waals surface area contributed by atoms with Crippen LogP contribution in [0.4, 0.5) is 0 Å². The molecule has 0 saturated carbocycles. The second-order valence-corrected chi connectivity index (χ2v) is 2.59. The molecule has 2 heteroatoms. The summed E-state index contributed by atoms with van der Waals surface area (Å²) >= 11 is 0. The van der Waals surface area contributed by atoms with Gasteiger partial charge in [-0.1, -0.05) is 19.6 Å². The van der Waals surface area contributed by atoms with Gasteiger partial charge >= 0.3 is 5.97 Å². The van der Waals surface area contributed by atoms with Gasteiger partial charge in [-0.25, -0.2) is 4.79 Å². The predicted octanol–water partition coefficient (Wildman–Crippen LogP) is 1.82. The Bertz CT molecular complexity index is 188. The number of cyclic esters (lactones) is 1. The van der Waals surface area contributed by atoms with E-state index in [4.69, 9.17) is 4.74 Å². The van der Waals surface area contributed by atoms with E-state index >= 15 is 0 Å². The molecule has 1 heterocycles. The molecule has 60 valence electrons. The quantitative estimate of drug-likeness (QED) is 0.343. The Morgan fingerprint density at radius 1 is 1.82 bits per heavy atom. The summed E-state index contributed by atoms with van der Waals surface area (Å²) in [6.45, 7) is 5.63. The van der Waals surface area contributed by atoms with Crippen LogP contribution < -0.4 is 0 Å². The zero-order chi connectivity index (χ0) is 8.27. The molecule has 0 N–H and O–H groups in total. The SMILES string of the molecule is C=C1C[C@@H](/C=C/CC)OC1=O. The Kier molecular flexibility index (Phi) is 2.47. The van der Waals surface area contributed by atoms with E-state index in [1.54, 1.807) is 0 Å². The Hall–Kier alpha value is -1.05. The largest absolute Gasteiger partial charge is 0.454 e. The van der Waals surface area contributed by atoms with Crippen molar-refractivity contribution >= 4 is 5.97 Å². The van der Waals surface area contributed by atoms with Crippen molar-refractivity contribution < 1.29 is 9.53 Å². The molecule has 0 aliphatic carbocycles. The third-order valence-electron chi connectivity index (χ3n) is 1.58. The van der Waals surface area contributed by atoms with E-state index in [-0.39, 0.29) is 12.1 Å². The van der Waals surface area contributed by atoms with Crippen molar-refractivity contribution in [1.82, 2.24) is 0 Å². The molecule has 0 radical (unpaired) electrons. The number of hydrogen-bond donors (Lipinski definition) is 0. The van der Waals surface area contributed by atoms with Crippen LogP contribution in [0.1, 0.15) is 19.8 Å². The van der Waals surface area contributed by atoms with Crippen molar-refractivity contribution in [3.8, 4) is 0 Å². The van der Waals surface area contributed by atoms with E-state index in [1.165, 1.54) is 0 Å². The van der Waals surface area contributed by atoms with Crippen LogP contribution in [0.3, 0.4) is 0 Å². The van der Waals surface area contributed by atoms with Crippen LogP contribution in [-0.2, 0) is 9.53 Å². The lowest BCUT2D eigenvalue weighted by molar-refractivity contribution is -0.137. The smallest absolute Gasteiger partial charge is 0.334 e. The molecule has 0 aromatic rings. The van der Waals surface area contributed by atoms with Crippen molar-refractivity contribution in [3.05, 3.63) is 24.3 Å². The second kappa shape index (κ2) is 3.37. The van der Waals surface area contributed by atoms with Crippen molar-refractivity contribution in [3.63, 3.8) is 0 Å². The minimum atomic E-state index is -0.254. The first-order valence-electron chi connectivity index (χ1n) is 3.79. The average Bonchev–Trinajstić information content (AvgIpc) is 2.28. The standard InChI is InChI=1S/C9H12O2/c1-3-4-5-8-6-7(2)9(10)11-8/h4-5,8H,2-3,6H2,1H3/b5-4+/t8-/m1/s1. The van der Waals surface area contributed by atoms with Gasteiger partial charge in [0.05, 0.1) is 0 Å². The molecule has 1 aliphatic rings. The number of rotatable bonds is 2. The lowest BCUT2D eigenvalue weighted by Gasteiger charge is -1.99. The van der Waals surface area contributed by atoms with Crippen molar-refractivity contribution in [2.24, 2.45) is 0 Å². The first-order valence-corrected chi connectivity index (χ1v) is 3.79. The van der Waals surface area contributed by atoms with Crippen LogP contribution in [0.5, 0.6) is 0 Å². The van der Waals surface area contributed by atoms with E-state index in [9.17, 15) is 4.79 Å². The van der Waals surface area contributed by atoms with Gasteiger partial charge in [-0.3, -0.25) is 0 Å². The zero-order valence-electron chi connectivity index (χ0n) is 6.67. The fourth-order valence-corrected chi connectivity index (χ4v) is 0.984. The third kappa shape index (κ3) is 1.93. The molecule has 0 bridgehead atoms. The Balaban J connectivity index is 2.47. The predicted molar refractivity (Wildman–Crippen MR) is 43.1 cm³/mol. The molecule has 1 rings (SSSR count). The molecule has 1 fully saturated rings. The summed E-state index contributed by atoms with van der Waals surface area (Å²) in [4.78, 5) is 10.8. The van der Waals surface area contributed by atoms with Gasteiger partial charge in [0.15, 0.2) is 0 Å². The van der Waals surface area contributed by atoms with E-state index in [0.29, 0.717) is 12.0 Å². The molecule has 0 aromatic heterocycles. The first kappa shape index (κ1) is 8.05. The summed E-state index contributed by atoms with van der Waals surface area (Å²) < 4.78 is 4.95. The van der Waals surface area contributed by atoms with Gasteiger partial charge in [0.1, 0.15) is 6.10 Å². The van der Waals surface area contributed by atoms with Crippen molar-refractivity contribution in [2.75, 3.05) is 0 Å². The number of ether oxygens (including phenoxy) is 1. The van der Waals surface area contributed by atoms with E-state index in [2.05, 4.69) is 6.58 Å². The van der Waals surface area contributed by atoms with Gasteiger partial charge in [-0.05, 0) is 12.5 Å². The number of esters is 1. The highest BCUT2D eigenvalue weighted by molar-refractivity contribution is 5.90. The fraction of sp³-hybridized carbons (Fsp3) is 0.444. The zero-order valence-corrected chi connectivity index (χ0v) is 6.67. The molecular weight excluding hydrogens is 140 g/mol. The normalized spacial score (nSPS) is 24.6. The Morgan fingerprint density at radius 2 is 2.55 bits per heavy atom. The molecule has 0 unspecified atom stereocenters. The van der Waals surface area contributed by atoms with Crippen LogP contribution in [-0.4, -0.2) is 12.1 Å². The average molecular weight is 152 g/mol. The summed E-state index contributed by atoms with van der Waals surface area (Å²) in [5.74, 6) is -0.254. The van der Waals surface area contributed by atoms with Crippen LogP contribution in [0, 0.1) is 0 Å². The lowest BCUT2D eigenvalue weighted by Crippen LogP contribution is -2.01. The summed E-state index contributed by atoms with van der Waals surface area (Å²) in [5, 5.41) is 0. The summed E-state index contributed by atoms with van der Waals surface area (Å²) in [5.41, 5.74) is 0.579. The van der Waals surface area contributed by atoms with Gasteiger partial charge in [-0.15, -0.1) is 0 Å². The van der Waals surface area contributed by atoms with Crippen LogP contribution in [0.2, 0.25) is 0 Å². The number of carbonyl (C=O) groups is 1.